The first kappa shape index (κ1) is 16.0. The van der Waals surface area contributed by atoms with Gasteiger partial charge in [0.2, 0.25) is 0 Å². The Kier molecular flexibility index (Phi) is 5.92. The molecule has 0 aromatic heterocycles. The number of esters is 1. The van der Waals surface area contributed by atoms with Crippen LogP contribution >= 0.6 is 0 Å². The van der Waals surface area contributed by atoms with Crippen LogP contribution in [0.5, 0.6) is 0 Å². The van der Waals surface area contributed by atoms with Gasteiger partial charge in [-0.05, 0) is 18.1 Å². The molecule has 0 bridgehead atoms. The minimum absolute atomic E-state index is 0.250. The monoisotopic (exact) mass is 296 g/mol. The van der Waals surface area contributed by atoms with Crippen LogP contribution in [0.15, 0.2) is 66.7 Å². The van der Waals surface area contributed by atoms with Crippen LogP contribution < -0.4 is 0 Å². The van der Waals surface area contributed by atoms with Crippen molar-refractivity contribution in [2.45, 2.75) is 18.9 Å². The highest BCUT2D eigenvalue weighted by molar-refractivity contribution is 5.76. The van der Waals surface area contributed by atoms with Crippen LogP contribution in [-0.4, -0.2) is 23.8 Å². The molecule has 0 aliphatic heterocycles. The SMILES string of the molecule is CCOC(=O)[C@H](O)[C@@H](/C=C/c1ccccc1)c1ccccc1. The molecule has 114 valence electrons. The molecule has 3 nitrogen and oxygen atoms in total. The highest BCUT2D eigenvalue weighted by atomic mass is 16.5. The van der Waals surface area contributed by atoms with Gasteiger partial charge < -0.3 is 9.84 Å². The fraction of sp³-hybridized carbons (Fsp3) is 0.211. The highest BCUT2D eigenvalue weighted by Gasteiger charge is 2.26. The Labute approximate surface area is 130 Å². The van der Waals surface area contributed by atoms with Crippen molar-refractivity contribution in [2.24, 2.45) is 0 Å². The second kappa shape index (κ2) is 8.15. The van der Waals surface area contributed by atoms with Crippen molar-refractivity contribution in [2.75, 3.05) is 6.61 Å². The Morgan fingerprint density at radius 2 is 1.68 bits per heavy atom. The van der Waals surface area contributed by atoms with E-state index in [4.69, 9.17) is 4.74 Å². The number of ether oxygens (including phenoxy) is 1. The van der Waals surface area contributed by atoms with Gasteiger partial charge in [-0.1, -0.05) is 72.8 Å². The average Bonchev–Trinajstić information content (AvgIpc) is 2.57. The van der Waals surface area contributed by atoms with E-state index in [1.807, 2.05) is 72.8 Å². The Morgan fingerprint density at radius 3 is 2.27 bits per heavy atom. The van der Waals surface area contributed by atoms with Crippen LogP contribution in [0, 0.1) is 0 Å². The summed E-state index contributed by atoms with van der Waals surface area (Å²) in [7, 11) is 0. The molecular formula is C19H20O3. The molecule has 2 aromatic carbocycles. The highest BCUT2D eigenvalue weighted by Crippen LogP contribution is 2.23. The molecule has 1 N–H and O–H groups in total. The van der Waals surface area contributed by atoms with Gasteiger partial charge in [0.1, 0.15) is 0 Å². The number of carbonyl (C=O) groups excluding carboxylic acids is 1. The predicted octanol–water partition coefficient (Wildman–Crippen LogP) is 3.41. The second-order valence-electron chi connectivity index (χ2n) is 4.90. The second-order valence-corrected chi connectivity index (χ2v) is 4.90. The van der Waals surface area contributed by atoms with Gasteiger partial charge in [-0.15, -0.1) is 0 Å². The molecule has 0 fully saturated rings. The molecule has 0 amide bonds. The zero-order valence-electron chi connectivity index (χ0n) is 12.6. The Morgan fingerprint density at radius 1 is 1.09 bits per heavy atom. The fourth-order valence-corrected chi connectivity index (χ4v) is 2.23. The molecule has 0 unspecified atom stereocenters. The van der Waals surface area contributed by atoms with Crippen LogP contribution in [0.2, 0.25) is 0 Å². The molecule has 0 aliphatic carbocycles. The van der Waals surface area contributed by atoms with E-state index in [1.54, 1.807) is 6.92 Å². The smallest absolute Gasteiger partial charge is 0.335 e. The first-order valence-corrected chi connectivity index (χ1v) is 7.35. The minimum Gasteiger partial charge on any atom is -0.464 e. The minimum atomic E-state index is -1.22. The summed E-state index contributed by atoms with van der Waals surface area (Å²) in [5, 5.41) is 10.3. The maximum absolute atomic E-state index is 11.9. The topological polar surface area (TPSA) is 46.5 Å². The van der Waals surface area contributed by atoms with Gasteiger partial charge in [-0.2, -0.15) is 0 Å². The van der Waals surface area contributed by atoms with Gasteiger partial charge in [0.25, 0.3) is 0 Å². The van der Waals surface area contributed by atoms with E-state index in [-0.39, 0.29) is 6.61 Å². The zero-order valence-corrected chi connectivity index (χ0v) is 12.6. The normalized spacial score (nSPS) is 13.7. The van der Waals surface area contributed by atoms with Crippen molar-refractivity contribution in [1.29, 1.82) is 0 Å². The number of aliphatic hydroxyl groups excluding tert-OH is 1. The lowest BCUT2D eigenvalue weighted by Gasteiger charge is -2.19. The van der Waals surface area contributed by atoms with Crippen molar-refractivity contribution >= 4 is 12.0 Å². The fourth-order valence-electron chi connectivity index (χ4n) is 2.23. The molecule has 0 saturated heterocycles. The molecule has 22 heavy (non-hydrogen) atoms. The van der Waals surface area contributed by atoms with Crippen LogP contribution in [0.25, 0.3) is 6.08 Å². The molecule has 2 aromatic rings. The van der Waals surface area contributed by atoms with Gasteiger partial charge >= 0.3 is 5.97 Å². The molecule has 2 rings (SSSR count). The summed E-state index contributed by atoms with van der Waals surface area (Å²) in [6, 6.07) is 19.2. The standard InChI is InChI=1S/C19H20O3/c1-2-22-19(21)18(20)17(16-11-7-4-8-12-16)14-13-15-9-5-3-6-10-15/h3-14,17-18,20H,2H2,1H3/b14-13+/t17-,18+/m0/s1. The number of hydrogen-bond acceptors (Lipinski definition) is 3. The summed E-state index contributed by atoms with van der Waals surface area (Å²) in [6.45, 7) is 1.97. The van der Waals surface area contributed by atoms with E-state index in [0.717, 1.165) is 11.1 Å². The lowest BCUT2D eigenvalue weighted by atomic mass is 9.92. The van der Waals surface area contributed by atoms with E-state index >= 15 is 0 Å². The maximum atomic E-state index is 11.9. The molecule has 3 heteroatoms. The van der Waals surface area contributed by atoms with Crippen molar-refractivity contribution in [3.8, 4) is 0 Å². The van der Waals surface area contributed by atoms with E-state index in [9.17, 15) is 9.90 Å². The number of aliphatic hydroxyl groups is 1. The lowest BCUT2D eigenvalue weighted by Crippen LogP contribution is -2.29. The number of benzene rings is 2. The predicted molar refractivity (Wildman–Crippen MR) is 87.3 cm³/mol. The first-order chi connectivity index (χ1) is 10.7. The van der Waals surface area contributed by atoms with Crippen molar-refractivity contribution in [3.05, 3.63) is 77.9 Å². The largest absolute Gasteiger partial charge is 0.464 e. The Balaban J connectivity index is 2.26. The third kappa shape index (κ3) is 4.30. The third-order valence-corrected chi connectivity index (χ3v) is 3.35. The van der Waals surface area contributed by atoms with Crippen molar-refractivity contribution in [1.82, 2.24) is 0 Å². The number of hydrogen-bond donors (Lipinski definition) is 1. The Bertz CT molecular complexity index is 605. The molecule has 0 saturated carbocycles. The molecular weight excluding hydrogens is 276 g/mol. The number of carbonyl (C=O) groups is 1. The molecule has 0 aliphatic rings. The van der Waals surface area contributed by atoms with E-state index in [0.29, 0.717) is 0 Å². The summed E-state index contributed by atoms with van der Waals surface area (Å²) in [4.78, 5) is 11.9. The third-order valence-electron chi connectivity index (χ3n) is 3.35. The quantitative estimate of drug-likeness (QED) is 0.831. The van der Waals surface area contributed by atoms with E-state index in [2.05, 4.69) is 0 Å². The van der Waals surface area contributed by atoms with Gasteiger partial charge in [0.05, 0.1) is 6.61 Å². The lowest BCUT2D eigenvalue weighted by molar-refractivity contribution is -0.153. The molecule has 2 atom stereocenters. The summed E-state index contributed by atoms with van der Waals surface area (Å²) in [6.07, 6.45) is 2.52. The van der Waals surface area contributed by atoms with Crippen molar-refractivity contribution in [3.63, 3.8) is 0 Å². The molecule has 0 spiro atoms. The molecule has 0 heterocycles. The van der Waals surface area contributed by atoms with Gasteiger partial charge in [0, 0.05) is 5.92 Å². The van der Waals surface area contributed by atoms with Gasteiger partial charge in [-0.25, -0.2) is 4.79 Å². The van der Waals surface area contributed by atoms with Crippen LogP contribution in [-0.2, 0) is 9.53 Å². The molecule has 0 radical (unpaired) electrons. The van der Waals surface area contributed by atoms with Gasteiger partial charge in [-0.3, -0.25) is 0 Å². The van der Waals surface area contributed by atoms with Crippen LogP contribution in [0.4, 0.5) is 0 Å². The van der Waals surface area contributed by atoms with Crippen LogP contribution in [0.1, 0.15) is 24.0 Å². The van der Waals surface area contributed by atoms with Crippen molar-refractivity contribution < 1.29 is 14.6 Å². The van der Waals surface area contributed by atoms with Crippen LogP contribution in [0.3, 0.4) is 0 Å². The average molecular weight is 296 g/mol. The summed E-state index contributed by atoms with van der Waals surface area (Å²) in [5.74, 6) is -1.05. The number of rotatable bonds is 6. The Hall–Kier alpha value is -2.39. The van der Waals surface area contributed by atoms with Gasteiger partial charge in [0.15, 0.2) is 6.10 Å². The van der Waals surface area contributed by atoms with E-state index in [1.165, 1.54) is 0 Å². The van der Waals surface area contributed by atoms with E-state index < -0.39 is 18.0 Å². The summed E-state index contributed by atoms with van der Waals surface area (Å²) < 4.78 is 4.94. The maximum Gasteiger partial charge on any atom is 0.335 e. The summed E-state index contributed by atoms with van der Waals surface area (Å²) in [5.41, 5.74) is 1.88. The first-order valence-electron chi connectivity index (χ1n) is 7.35. The zero-order chi connectivity index (χ0) is 15.8. The summed E-state index contributed by atoms with van der Waals surface area (Å²) >= 11 is 0.